The average molecular weight is 384 g/mol. The Morgan fingerprint density at radius 3 is 2.79 bits per heavy atom. The fourth-order valence-corrected chi connectivity index (χ4v) is 3.70. The van der Waals surface area contributed by atoms with Gasteiger partial charge in [0.05, 0.1) is 22.7 Å². The number of nitrogens with one attached hydrogen (secondary N) is 1. The van der Waals surface area contributed by atoms with Gasteiger partial charge in [-0.05, 0) is 29.1 Å². The second-order valence-electron chi connectivity index (χ2n) is 6.17. The van der Waals surface area contributed by atoms with Crippen LogP contribution in [0.2, 0.25) is 0 Å². The summed E-state index contributed by atoms with van der Waals surface area (Å²) < 4.78 is 2.09. The largest absolute Gasteiger partial charge is 0.342 e. The van der Waals surface area contributed by atoms with E-state index in [2.05, 4.69) is 21.2 Å². The zero-order valence-electron chi connectivity index (χ0n) is 14.9. The van der Waals surface area contributed by atoms with E-state index in [1.807, 2.05) is 66.2 Å². The Balaban J connectivity index is 1.62. The zero-order chi connectivity index (χ0) is 19.3. The van der Waals surface area contributed by atoms with Crippen LogP contribution in [-0.2, 0) is 6.54 Å². The molecule has 2 aromatic heterocycles. The van der Waals surface area contributed by atoms with Crippen molar-refractivity contribution in [3.8, 4) is 6.07 Å². The first-order valence-corrected chi connectivity index (χ1v) is 9.57. The van der Waals surface area contributed by atoms with Gasteiger partial charge in [-0.1, -0.05) is 42.5 Å². The van der Waals surface area contributed by atoms with Crippen molar-refractivity contribution in [2.75, 3.05) is 0 Å². The number of carbonyl (C=O) groups excluding carboxylic acids is 1. The molecule has 6 heteroatoms. The number of para-hydroxylation sites is 1. The molecular weight excluding hydrogens is 368 g/mol. The van der Waals surface area contributed by atoms with E-state index in [4.69, 9.17) is 0 Å². The van der Waals surface area contributed by atoms with Crippen molar-refractivity contribution in [2.24, 2.45) is 5.10 Å². The predicted molar refractivity (Wildman–Crippen MR) is 112 cm³/mol. The summed E-state index contributed by atoms with van der Waals surface area (Å²) in [5, 5.41) is 16.3. The van der Waals surface area contributed by atoms with Gasteiger partial charge in [0.1, 0.15) is 0 Å². The van der Waals surface area contributed by atoms with Crippen molar-refractivity contribution < 1.29 is 4.79 Å². The van der Waals surface area contributed by atoms with Gasteiger partial charge in [-0.25, -0.2) is 5.43 Å². The highest BCUT2D eigenvalue weighted by molar-refractivity contribution is 7.12. The second-order valence-corrected chi connectivity index (χ2v) is 7.12. The second kappa shape index (κ2) is 7.91. The van der Waals surface area contributed by atoms with E-state index in [9.17, 15) is 10.1 Å². The Labute approximate surface area is 166 Å². The fraction of sp³-hybridized carbons (Fsp3) is 0.0455. The Kier molecular flexibility index (Phi) is 5.00. The maximum atomic E-state index is 12.0. The number of carbonyl (C=O) groups is 1. The third-order valence-electron chi connectivity index (χ3n) is 4.41. The minimum absolute atomic E-state index is 0.224. The van der Waals surface area contributed by atoms with Crippen molar-refractivity contribution in [2.45, 2.75) is 6.54 Å². The molecule has 2 heterocycles. The quantitative estimate of drug-likeness (QED) is 0.410. The molecular formula is C22H16N4OS. The van der Waals surface area contributed by atoms with Crippen molar-refractivity contribution >= 4 is 34.4 Å². The zero-order valence-corrected chi connectivity index (χ0v) is 15.7. The first kappa shape index (κ1) is 17.7. The molecule has 2 aromatic carbocycles. The number of benzene rings is 2. The first-order valence-electron chi connectivity index (χ1n) is 8.69. The third kappa shape index (κ3) is 3.56. The van der Waals surface area contributed by atoms with Crippen molar-refractivity contribution in [1.82, 2.24) is 9.99 Å². The number of aromatic nitrogens is 1. The molecule has 136 valence electrons. The van der Waals surface area contributed by atoms with Crippen LogP contribution < -0.4 is 5.43 Å². The number of thiophene rings is 1. The van der Waals surface area contributed by atoms with Crippen molar-refractivity contribution in [3.63, 3.8) is 0 Å². The van der Waals surface area contributed by atoms with Crippen LogP contribution in [0.25, 0.3) is 10.9 Å². The van der Waals surface area contributed by atoms with Crippen LogP contribution in [0.15, 0.2) is 77.3 Å². The monoisotopic (exact) mass is 384 g/mol. The van der Waals surface area contributed by atoms with E-state index in [-0.39, 0.29) is 5.91 Å². The molecule has 4 aromatic rings. The van der Waals surface area contributed by atoms with E-state index >= 15 is 0 Å². The molecule has 0 aliphatic carbocycles. The molecule has 0 aliphatic heterocycles. The minimum Gasteiger partial charge on any atom is -0.342 e. The lowest BCUT2D eigenvalue weighted by Crippen LogP contribution is -2.16. The van der Waals surface area contributed by atoms with E-state index in [1.165, 1.54) is 11.3 Å². The Bertz CT molecular complexity index is 1200. The summed E-state index contributed by atoms with van der Waals surface area (Å²) >= 11 is 1.37. The van der Waals surface area contributed by atoms with Crippen LogP contribution in [0.3, 0.4) is 0 Å². The number of fused-ring (bicyclic) bond motifs is 1. The Hall–Kier alpha value is -3.69. The van der Waals surface area contributed by atoms with Gasteiger partial charge in [0, 0.05) is 29.2 Å². The van der Waals surface area contributed by atoms with E-state index in [1.54, 1.807) is 12.3 Å². The number of rotatable bonds is 5. The van der Waals surface area contributed by atoms with Crippen molar-refractivity contribution in [3.05, 3.63) is 93.8 Å². The Morgan fingerprint density at radius 1 is 1.14 bits per heavy atom. The third-order valence-corrected chi connectivity index (χ3v) is 5.28. The molecule has 0 atom stereocenters. The lowest BCUT2D eigenvalue weighted by atomic mass is 10.1. The van der Waals surface area contributed by atoms with Crippen LogP contribution in [-0.4, -0.2) is 16.7 Å². The number of hydrogen-bond acceptors (Lipinski definition) is 4. The molecule has 4 rings (SSSR count). The van der Waals surface area contributed by atoms with Gasteiger partial charge >= 0.3 is 0 Å². The van der Waals surface area contributed by atoms with Crippen LogP contribution in [0.4, 0.5) is 0 Å². The lowest BCUT2D eigenvalue weighted by Gasteiger charge is -2.07. The highest BCUT2D eigenvalue weighted by Crippen LogP contribution is 2.22. The summed E-state index contributed by atoms with van der Waals surface area (Å²) in [5.41, 5.74) is 6.13. The number of nitrogens with zero attached hydrogens (tertiary/aromatic N) is 3. The maximum absolute atomic E-state index is 12.0. The summed E-state index contributed by atoms with van der Waals surface area (Å²) in [6.07, 6.45) is 3.64. The lowest BCUT2D eigenvalue weighted by molar-refractivity contribution is 0.0959. The molecule has 0 spiro atoms. The molecule has 5 nitrogen and oxygen atoms in total. The molecule has 1 amide bonds. The molecule has 1 N–H and O–H groups in total. The molecule has 0 saturated carbocycles. The molecule has 0 radical (unpaired) electrons. The van der Waals surface area contributed by atoms with Crippen LogP contribution in [0.1, 0.15) is 26.4 Å². The van der Waals surface area contributed by atoms with Gasteiger partial charge in [-0.15, -0.1) is 11.3 Å². The van der Waals surface area contributed by atoms with Crippen LogP contribution >= 0.6 is 11.3 Å². The van der Waals surface area contributed by atoms with E-state index < -0.39 is 0 Å². The fourth-order valence-electron chi connectivity index (χ4n) is 3.08. The summed E-state index contributed by atoms with van der Waals surface area (Å²) in [4.78, 5) is 12.6. The standard InChI is InChI=1S/C22H16N4OS/c23-12-16-6-1-2-7-17(16)14-26-15-18(19-8-3-4-9-20(19)26)13-24-25-22(27)21-10-5-11-28-21/h1-11,13,15H,14H2,(H,25,27). The average Bonchev–Trinajstić information content (AvgIpc) is 3.38. The van der Waals surface area contributed by atoms with Crippen LogP contribution in [0, 0.1) is 11.3 Å². The van der Waals surface area contributed by atoms with Crippen molar-refractivity contribution in [1.29, 1.82) is 5.26 Å². The summed E-state index contributed by atoms with van der Waals surface area (Å²) in [6, 6.07) is 21.4. The summed E-state index contributed by atoms with van der Waals surface area (Å²) in [7, 11) is 0. The normalized spacial score (nSPS) is 11.0. The van der Waals surface area contributed by atoms with Gasteiger partial charge in [0.25, 0.3) is 5.91 Å². The molecule has 0 aliphatic rings. The van der Waals surface area contributed by atoms with E-state index in [0.717, 1.165) is 22.0 Å². The molecule has 0 fully saturated rings. The molecule has 0 saturated heterocycles. The van der Waals surface area contributed by atoms with Gasteiger partial charge in [0.15, 0.2) is 0 Å². The highest BCUT2D eigenvalue weighted by Gasteiger charge is 2.09. The van der Waals surface area contributed by atoms with Gasteiger partial charge in [-0.2, -0.15) is 10.4 Å². The molecule has 0 bridgehead atoms. The number of amides is 1. The smallest absolute Gasteiger partial charge is 0.281 e. The number of nitriles is 1. The van der Waals surface area contributed by atoms with Gasteiger partial charge < -0.3 is 4.57 Å². The molecule has 0 unspecified atom stereocenters. The minimum atomic E-state index is -0.224. The van der Waals surface area contributed by atoms with Gasteiger partial charge in [-0.3, -0.25) is 4.79 Å². The number of hydrogen-bond donors (Lipinski definition) is 1. The van der Waals surface area contributed by atoms with Gasteiger partial charge in [0.2, 0.25) is 0 Å². The first-order chi connectivity index (χ1) is 13.8. The Morgan fingerprint density at radius 2 is 1.96 bits per heavy atom. The summed E-state index contributed by atoms with van der Waals surface area (Å²) in [5.74, 6) is -0.224. The predicted octanol–water partition coefficient (Wildman–Crippen LogP) is 4.39. The summed E-state index contributed by atoms with van der Waals surface area (Å²) in [6.45, 7) is 0.583. The maximum Gasteiger partial charge on any atom is 0.281 e. The highest BCUT2D eigenvalue weighted by atomic mass is 32.1. The SMILES string of the molecule is N#Cc1ccccc1Cn1cc(C=NNC(=O)c2cccs2)c2ccccc21. The topological polar surface area (TPSA) is 70.2 Å². The molecule has 28 heavy (non-hydrogen) atoms. The van der Waals surface area contributed by atoms with Crippen LogP contribution in [0.5, 0.6) is 0 Å². The number of hydrazone groups is 1. The van der Waals surface area contributed by atoms with E-state index in [0.29, 0.717) is 17.0 Å².